The number of aryl methyl sites for hydroxylation is 1. The predicted octanol–water partition coefficient (Wildman–Crippen LogP) is 2.86. The molecule has 6 heteroatoms. The van der Waals surface area contributed by atoms with Crippen LogP contribution in [0, 0.1) is 6.92 Å². The Morgan fingerprint density at radius 3 is 2.42 bits per heavy atom. The molecule has 1 heterocycles. The van der Waals surface area contributed by atoms with Gasteiger partial charge in [-0.25, -0.2) is 8.42 Å². The average Bonchev–Trinajstić information content (AvgIpc) is 2.99. The molecule has 136 valence electrons. The lowest BCUT2D eigenvalue weighted by Gasteiger charge is -2.16. The van der Waals surface area contributed by atoms with Crippen LogP contribution >= 0.6 is 0 Å². The summed E-state index contributed by atoms with van der Waals surface area (Å²) in [6.07, 6.45) is 3.85. The van der Waals surface area contributed by atoms with E-state index in [2.05, 4.69) is 5.32 Å². The second kappa shape index (κ2) is 7.74. The summed E-state index contributed by atoms with van der Waals surface area (Å²) in [5.41, 5.74) is 3.75. The van der Waals surface area contributed by atoms with E-state index in [4.69, 9.17) is 0 Å². The second-order valence-corrected chi connectivity index (χ2v) is 8.38. The van der Waals surface area contributed by atoms with E-state index in [0.717, 1.165) is 11.1 Å². The first-order valence-electron chi connectivity index (χ1n) is 8.56. The Morgan fingerprint density at radius 2 is 1.81 bits per heavy atom. The number of sulfonamides is 1. The van der Waals surface area contributed by atoms with Crippen LogP contribution < -0.4 is 9.62 Å². The van der Waals surface area contributed by atoms with Gasteiger partial charge in [-0.15, -0.1) is 0 Å². The van der Waals surface area contributed by atoms with Crippen LogP contribution in [0.15, 0.2) is 54.6 Å². The van der Waals surface area contributed by atoms with Crippen molar-refractivity contribution in [3.05, 3.63) is 71.3 Å². The Balaban J connectivity index is 1.56. The van der Waals surface area contributed by atoms with Gasteiger partial charge >= 0.3 is 0 Å². The van der Waals surface area contributed by atoms with Crippen LogP contribution in [0.4, 0.5) is 5.69 Å². The molecular formula is C20H22N2O3S. The third-order valence-electron chi connectivity index (χ3n) is 4.29. The summed E-state index contributed by atoms with van der Waals surface area (Å²) in [6.45, 7) is 3.03. The average molecular weight is 370 g/mol. The van der Waals surface area contributed by atoms with Crippen molar-refractivity contribution >= 4 is 27.7 Å². The molecule has 2 aromatic rings. The van der Waals surface area contributed by atoms with Crippen molar-refractivity contribution in [2.45, 2.75) is 19.9 Å². The maximum absolute atomic E-state index is 11.9. The van der Waals surface area contributed by atoms with E-state index >= 15 is 0 Å². The minimum atomic E-state index is -3.16. The molecule has 3 rings (SSSR count). The van der Waals surface area contributed by atoms with Crippen molar-refractivity contribution in [2.75, 3.05) is 16.6 Å². The highest BCUT2D eigenvalue weighted by molar-refractivity contribution is 7.93. The fraction of sp³-hybridized carbons (Fsp3) is 0.250. The first kappa shape index (κ1) is 18.2. The fourth-order valence-electron chi connectivity index (χ4n) is 2.81. The number of nitrogens with one attached hydrogen (secondary N) is 1. The largest absolute Gasteiger partial charge is 0.348 e. The summed E-state index contributed by atoms with van der Waals surface area (Å²) in [4.78, 5) is 11.9. The number of carbonyl (C=O) groups excluding carboxylic acids is 1. The van der Waals surface area contributed by atoms with E-state index in [1.807, 2.05) is 43.3 Å². The summed E-state index contributed by atoms with van der Waals surface area (Å²) in [5, 5.41) is 2.84. The molecule has 1 aliphatic rings. The van der Waals surface area contributed by atoms with Crippen LogP contribution in [-0.4, -0.2) is 26.6 Å². The number of hydrogen-bond acceptors (Lipinski definition) is 3. The van der Waals surface area contributed by atoms with E-state index in [0.29, 0.717) is 25.2 Å². The van der Waals surface area contributed by atoms with Gasteiger partial charge in [-0.3, -0.25) is 9.10 Å². The smallest absolute Gasteiger partial charge is 0.244 e. The van der Waals surface area contributed by atoms with Crippen molar-refractivity contribution < 1.29 is 13.2 Å². The van der Waals surface area contributed by atoms with Crippen LogP contribution in [0.3, 0.4) is 0 Å². The Labute approximate surface area is 154 Å². The summed E-state index contributed by atoms with van der Waals surface area (Å²) in [5.74, 6) is 0.0345. The van der Waals surface area contributed by atoms with Gasteiger partial charge in [0.05, 0.1) is 11.4 Å². The minimum Gasteiger partial charge on any atom is -0.348 e. The van der Waals surface area contributed by atoms with E-state index < -0.39 is 10.0 Å². The standard InChI is InChI=1S/C20H22N2O3S/c1-16-3-5-18(6-4-16)15-21-20(23)12-9-17-7-10-19(11-8-17)22-13-2-14-26(22,24)25/h3-12H,2,13-15H2,1H3,(H,21,23)/b12-9+. The van der Waals surface area contributed by atoms with Gasteiger partial charge in [0, 0.05) is 19.2 Å². The first-order chi connectivity index (χ1) is 12.4. The van der Waals surface area contributed by atoms with Crippen LogP contribution in [0.25, 0.3) is 6.08 Å². The van der Waals surface area contributed by atoms with Gasteiger partial charge in [0.1, 0.15) is 0 Å². The molecule has 0 spiro atoms. The van der Waals surface area contributed by atoms with Crippen molar-refractivity contribution in [1.29, 1.82) is 0 Å². The third kappa shape index (κ3) is 4.52. The number of nitrogens with zero attached hydrogens (tertiary/aromatic N) is 1. The number of rotatable bonds is 5. The van der Waals surface area contributed by atoms with Crippen LogP contribution in [0.2, 0.25) is 0 Å². The fourth-order valence-corrected chi connectivity index (χ4v) is 4.37. The molecular weight excluding hydrogens is 348 g/mol. The Bertz CT molecular complexity index is 901. The van der Waals surface area contributed by atoms with Gasteiger partial charge in [0.25, 0.3) is 0 Å². The SMILES string of the molecule is Cc1ccc(CNC(=O)/C=C/c2ccc(N3CCCS3(=O)=O)cc2)cc1. The monoisotopic (exact) mass is 370 g/mol. The first-order valence-corrected chi connectivity index (χ1v) is 10.2. The molecule has 0 unspecified atom stereocenters. The molecule has 0 saturated carbocycles. The molecule has 0 aromatic heterocycles. The zero-order valence-electron chi connectivity index (χ0n) is 14.7. The van der Waals surface area contributed by atoms with Crippen molar-refractivity contribution in [3.8, 4) is 0 Å². The van der Waals surface area contributed by atoms with Gasteiger partial charge in [0.15, 0.2) is 0 Å². The number of hydrogen-bond donors (Lipinski definition) is 1. The quantitative estimate of drug-likeness (QED) is 0.823. The molecule has 1 N–H and O–H groups in total. The zero-order chi connectivity index (χ0) is 18.6. The van der Waals surface area contributed by atoms with Gasteiger partial charge in [-0.2, -0.15) is 0 Å². The Hall–Kier alpha value is -2.60. The molecule has 1 aliphatic heterocycles. The number of carbonyl (C=O) groups is 1. The van der Waals surface area contributed by atoms with E-state index in [-0.39, 0.29) is 11.7 Å². The highest BCUT2D eigenvalue weighted by Gasteiger charge is 2.28. The molecule has 0 radical (unpaired) electrons. The maximum atomic E-state index is 11.9. The Kier molecular flexibility index (Phi) is 5.42. The number of amides is 1. The summed E-state index contributed by atoms with van der Waals surface area (Å²) < 4.78 is 25.3. The minimum absolute atomic E-state index is 0.170. The number of benzene rings is 2. The summed E-state index contributed by atoms with van der Waals surface area (Å²) >= 11 is 0. The lowest BCUT2D eigenvalue weighted by molar-refractivity contribution is -0.116. The number of anilines is 1. The van der Waals surface area contributed by atoms with Gasteiger partial charge in [-0.05, 0) is 42.7 Å². The highest BCUT2D eigenvalue weighted by atomic mass is 32.2. The highest BCUT2D eigenvalue weighted by Crippen LogP contribution is 2.24. The van der Waals surface area contributed by atoms with Crippen molar-refractivity contribution in [1.82, 2.24) is 5.32 Å². The van der Waals surface area contributed by atoms with E-state index in [1.165, 1.54) is 15.9 Å². The van der Waals surface area contributed by atoms with Crippen molar-refractivity contribution in [3.63, 3.8) is 0 Å². The lowest BCUT2D eigenvalue weighted by atomic mass is 10.1. The van der Waals surface area contributed by atoms with Crippen molar-refractivity contribution in [2.24, 2.45) is 0 Å². The molecule has 0 aliphatic carbocycles. The molecule has 2 aromatic carbocycles. The predicted molar refractivity (Wildman–Crippen MR) is 104 cm³/mol. The van der Waals surface area contributed by atoms with E-state index in [9.17, 15) is 13.2 Å². The van der Waals surface area contributed by atoms with E-state index in [1.54, 1.807) is 18.2 Å². The molecule has 0 atom stereocenters. The van der Waals surface area contributed by atoms with Crippen LogP contribution in [0.1, 0.15) is 23.1 Å². The van der Waals surface area contributed by atoms with Gasteiger partial charge < -0.3 is 5.32 Å². The molecule has 1 fully saturated rings. The lowest BCUT2D eigenvalue weighted by Crippen LogP contribution is -2.24. The molecule has 1 saturated heterocycles. The Morgan fingerprint density at radius 1 is 1.12 bits per heavy atom. The van der Waals surface area contributed by atoms with Gasteiger partial charge in [0.2, 0.25) is 15.9 Å². The topological polar surface area (TPSA) is 66.5 Å². The molecule has 26 heavy (non-hydrogen) atoms. The summed E-state index contributed by atoms with van der Waals surface area (Å²) in [6, 6.07) is 15.2. The van der Waals surface area contributed by atoms with Crippen LogP contribution in [0.5, 0.6) is 0 Å². The molecule has 0 bridgehead atoms. The zero-order valence-corrected chi connectivity index (χ0v) is 15.5. The third-order valence-corrected chi connectivity index (χ3v) is 6.16. The molecule has 1 amide bonds. The normalized spacial score (nSPS) is 16.1. The molecule has 5 nitrogen and oxygen atoms in total. The van der Waals surface area contributed by atoms with Gasteiger partial charge in [-0.1, -0.05) is 42.0 Å². The van der Waals surface area contributed by atoms with Crippen LogP contribution in [-0.2, 0) is 21.4 Å². The summed E-state index contributed by atoms with van der Waals surface area (Å²) in [7, 11) is -3.16. The maximum Gasteiger partial charge on any atom is 0.244 e. The second-order valence-electron chi connectivity index (χ2n) is 6.37.